The lowest BCUT2D eigenvalue weighted by Gasteiger charge is -2.44. The Kier molecular flexibility index (Phi) is 6.55. The molecule has 6 nitrogen and oxygen atoms in total. The van der Waals surface area contributed by atoms with E-state index < -0.39 is 5.66 Å². The Morgan fingerprint density at radius 2 is 1.51 bits per heavy atom. The molecule has 0 radical (unpaired) electrons. The van der Waals surface area contributed by atoms with Crippen LogP contribution in [0.25, 0.3) is 0 Å². The predicted octanol–water partition coefficient (Wildman–Crippen LogP) is 4.56. The molecule has 5 rings (SSSR count). The molecule has 1 atom stereocenters. The molecule has 6 heteroatoms. The van der Waals surface area contributed by atoms with Crippen molar-refractivity contribution < 1.29 is 9.59 Å². The van der Waals surface area contributed by atoms with E-state index in [1.165, 1.54) is 0 Å². The summed E-state index contributed by atoms with van der Waals surface area (Å²) >= 11 is 0. The maximum atomic E-state index is 13.6. The fourth-order valence-corrected chi connectivity index (χ4v) is 5.18. The predicted molar refractivity (Wildman–Crippen MR) is 138 cm³/mol. The third-order valence-electron chi connectivity index (χ3n) is 7.17. The second-order valence-electron chi connectivity index (χ2n) is 9.61. The highest BCUT2D eigenvalue weighted by molar-refractivity contribution is 5.89. The van der Waals surface area contributed by atoms with Crippen LogP contribution in [0.15, 0.2) is 84.9 Å². The maximum Gasteiger partial charge on any atom is 0.321 e. The molecule has 0 bridgehead atoms. The highest BCUT2D eigenvalue weighted by Crippen LogP contribution is 2.35. The van der Waals surface area contributed by atoms with Crippen LogP contribution in [0.2, 0.25) is 0 Å². The molecule has 2 aliphatic rings. The number of nitrogens with one attached hydrogen (secondary N) is 2. The number of nitrogens with zero attached hydrogens (tertiary/aromatic N) is 2. The van der Waals surface area contributed by atoms with Gasteiger partial charge in [0.1, 0.15) is 0 Å². The first-order chi connectivity index (χ1) is 17.0. The first-order valence-corrected chi connectivity index (χ1v) is 12.3. The van der Waals surface area contributed by atoms with Gasteiger partial charge in [0, 0.05) is 38.2 Å². The SMILES string of the molecule is Cc1ccc(NC(=O)N2CCC3(CC2)N[C@H](Cc2ccccc2)C(=O)N3Cc2ccccc2)cc1. The van der Waals surface area contributed by atoms with E-state index in [0.717, 1.165) is 22.4 Å². The average Bonchev–Trinajstić information content (AvgIpc) is 3.12. The first kappa shape index (κ1) is 23.1. The normalized spacial score (nSPS) is 19.2. The molecular weight excluding hydrogens is 436 g/mol. The Hall–Kier alpha value is -3.64. The molecule has 35 heavy (non-hydrogen) atoms. The number of amides is 3. The van der Waals surface area contributed by atoms with E-state index in [1.54, 1.807) is 0 Å². The molecule has 2 aliphatic heterocycles. The van der Waals surface area contributed by atoms with E-state index in [-0.39, 0.29) is 18.0 Å². The molecule has 0 unspecified atom stereocenters. The average molecular weight is 469 g/mol. The van der Waals surface area contributed by atoms with Gasteiger partial charge in [-0.3, -0.25) is 10.1 Å². The largest absolute Gasteiger partial charge is 0.324 e. The van der Waals surface area contributed by atoms with Crippen LogP contribution in [-0.2, 0) is 17.8 Å². The van der Waals surface area contributed by atoms with Crippen molar-refractivity contribution in [2.75, 3.05) is 18.4 Å². The number of likely N-dealkylation sites (tertiary alicyclic amines) is 1. The van der Waals surface area contributed by atoms with Crippen molar-refractivity contribution in [3.05, 3.63) is 102 Å². The monoisotopic (exact) mass is 468 g/mol. The maximum absolute atomic E-state index is 13.6. The third-order valence-corrected chi connectivity index (χ3v) is 7.17. The van der Waals surface area contributed by atoms with E-state index in [2.05, 4.69) is 34.9 Å². The van der Waals surface area contributed by atoms with Crippen molar-refractivity contribution in [2.45, 2.75) is 44.4 Å². The molecule has 2 heterocycles. The lowest BCUT2D eigenvalue weighted by atomic mass is 9.95. The van der Waals surface area contributed by atoms with E-state index in [4.69, 9.17) is 0 Å². The fraction of sp³-hybridized carbons (Fsp3) is 0.310. The van der Waals surface area contributed by atoms with Gasteiger partial charge in [-0.1, -0.05) is 78.4 Å². The number of hydrogen-bond acceptors (Lipinski definition) is 3. The number of anilines is 1. The highest BCUT2D eigenvalue weighted by atomic mass is 16.2. The molecule has 0 saturated carbocycles. The number of benzene rings is 3. The Morgan fingerprint density at radius 1 is 0.914 bits per heavy atom. The molecule has 0 aliphatic carbocycles. The summed E-state index contributed by atoms with van der Waals surface area (Å²) in [6.45, 7) is 3.76. The highest BCUT2D eigenvalue weighted by Gasteiger charge is 2.51. The van der Waals surface area contributed by atoms with Crippen LogP contribution in [0.1, 0.15) is 29.5 Å². The zero-order valence-corrected chi connectivity index (χ0v) is 20.1. The number of rotatable bonds is 5. The number of hydrogen-bond donors (Lipinski definition) is 2. The quantitative estimate of drug-likeness (QED) is 0.577. The van der Waals surface area contributed by atoms with Crippen molar-refractivity contribution in [1.82, 2.24) is 15.1 Å². The summed E-state index contributed by atoms with van der Waals surface area (Å²) in [6, 6.07) is 27.8. The van der Waals surface area contributed by atoms with Gasteiger partial charge in [-0.2, -0.15) is 0 Å². The topological polar surface area (TPSA) is 64.7 Å². The summed E-state index contributed by atoms with van der Waals surface area (Å²) < 4.78 is 0. The molecule has 3 amide bonds. The van der Waals surface area contributed by atoms with Crippen LogP contribution in [0, 0.1) is 6.92 Å². The smallest absolute Gasteiger partial charge is 0.321 e. The molecule has 3 aromatic carbocycles. The minimum atomic E-state index is -0.451. The lowest BCUT2D eigenvalue weighted by Crippen LogP contribution is -2.59. The number of carbonyl (C=O) groups is 2. The van der Waals surface area contributed by atoms with Gasteiger partial charge in [0.2, 0.25) is 5.91 Å². The first-order valence-electron chi connectivity index (χ1n) is 12.3. The summed E-state index contributed by atoms with van der Waals surface area (Å²) in [5.74, 6) is 0.135. The van der Waals surface area contributed by atoms with E-state index >= 15 is 0 Å². The molecule has 2 fully saturated rings. The molecular formula is C29H32N4O2. The fourth-order valence-electron chi connectivity index (χ4n) is 5.18. The van der Waals surface area contributed by atoms with Crippen LogP contribution in [-0.4, -0.2) is 46.5 Å². The summed E-state index contributed by atoms with van der Waals surface area (Å²) in [5.41, 5.74) is 3.76. The lowest BCUT2D eigenvalue weighted by molar-refractivity contribution is -0.134. The summed E-state index contributed by atoms with van der Waals surface area (Å²) in [4.78, 5) is 30.4. The standard InChI is InChI=1S/C29H32N4O2/c1-22-12-14-25(15-13-22)30-28(35)32-18-16-29(17-19-32)31-26(20-23-8-4-2-5-9-23)27(34)33(29)21-24-10-6-3-7-11-24/h2-15,26,31H,16-21H2,1H3,(H,30,35)/t26-/m1/s1. The van der Waals surface area contributed by atoms with Gasteiger partial charge in [-0.25, -0.2) is 4.79 Å². The van der Waals surface area contributed by atoms with Crippen LogP contribution in [0.4, 0.5) is 10.5 Å². The second kappa shape index (κ2) is 9.92. The number of piperidine rings is 1. The number of urea groups is 1. The molecule has 1 spiro atoms. The van der Waals surface area contributed by atoms with Gasteiger partial charge in [0.25, 0.3) is 0 Å². The number of aryl methyl sites for hydroxylation is 1. The molecule has 2 N–H and O–H groups in total. The van der Waals surface area contributed by atoms with E-state index in [9.17, 15) is 9.59 Å². The van der Waals surface area contributed by atoms with Crippen molar-refractivity contribution in [1.29, 1.82) is 0 Å². The van der Waals surface area contributed by atoms with Crippen molar-refractivity contribution in [3.63, 3.8) is 0 Å². The summed E-state index contributed by atoms with van der Waals surface area (Å²) in [5, 5.41) is 6.71. The summed E-state index contributed by atoms with van der Waals surface area (Å²) in [6.07, 6.45) is 2.04. The van der Waals surface area contributed by atoms with Crippen LogP contribution in [0.5, 0.6) is 0 Å². The van der Waals surface area contributed by atoms with Crippen molar-refractivity contribution in [3.8, 4) is 0 Å². The second-order valence-corrected chi connectivity index (χ2v) is 9.61. The molecule has 2 saturated heterocycles. The van der Waals surface area contributed by atoms with Gasteiger partial charge in [0.05, 0.1) is 11.7 Å². The van der Waals surface area contributed by atoms with Gasteiger partial charge in [-0.15, -0.1) is 0 Å². The van der Waals surface area contributed by atoms with Gasteiger partial charge < -0.3 is 15.1 Å². The zero-order valence-electron chi connectivity index (χ0n) is 20.1. The molecule has 3 aromatic rings. The Balaban J connectivity index is 1.31. The van der Waals surface area contributed by atoms with Crippen LogP contribution < -0.4 is 10.6 Å². The molecule has 0 aromatic heterocycles. The Bertz CT molecular complexity index is 1160. The van der Waals surface area contributed by atoms with E-state index in [0.29, 0.717) is 38.9 Å². The van der Waals surface area contributed by atoms with Crippen molar-refractivity contribution in [2.24, 2.45) is 0 Å². The third kappa shape index (κ3) is 5.08. The van der Waals surface area contributed by atoms with E-state index in [1.807, 2.05) is 77.4 Å². The van der Waals surface area contributed by atoms with Crippen LogP contribution >= 0.6 is 0 Å². The number of carbonyl (C=O) groups excluding carboxylic acids is 2. The van der Waals surface area contributed by atoms with Gasteiger partial charge in [-0.05, 0) is 36.6 Å². The van der Waals surface area contributed by atoms with Crippen molar-refractivity contribution >= 4 is 17.6 Å². The molecule has 180 valence electrons. The minimum absolute atomic E-state index is 0.0940. The summed E-state index contributed by atoms with van der Waals surface area (Å²) in [7, 11) is 0. The van der Waals surface area contributed by atoms with Gasteiger partial charge >= 0.3 is 6.03 Å². The Morgan fingerprint density at radius 3 is 2.14 bits per heavy atom. The zero-order chi connectivity index (χ0) is 24.3. The minimum Gasteiger partial charge on any atom is -0.324 e. The van der Waals surface area contributed by atoms with Crippen LogP contribution in [0.3, 0.4) is 0 Å². The van der Waals surface area contributed by atoms with Gasteiger partial charge in [0.15, 0.2) is 0 Å². The Labute approximate surface area is 206 Å².